The van der Waals surface area contributed by atoms with Gasteiger partial charge in [0.25, 0.3) is 5.91 Å². The molecule has 5 rings (SSSR count). The van der Waals surface area contributed by atoms with Gasteiger partial charge < -0.3 is 24.8 Å². The smallest absolute Gasteiger partial charge is 0.379 e. The molecule has 2 N–H and O–H groups in total. The van der Waals surface area contributed by atoms with Crippen LogP contribution in [0.25, 0.3) is 11.0 Å². The highest BCUT2D eigenvalue weighted by Crippen LogP contribution is 2.30. The standard InChI is InChI=1S/C20H26N4O2.C5H4F3N3/c1-3-19(25)24(16-9-12-26-14-16)15-7-8-18-17(13-15)21-20(22(18)2)23-10-5-4-6-11-23;6-5(7,8)3-1-10-4(9)11-2-3/h3,7-8,13,16H,1,4-6,9-12,14H2,2H3;1-2H,(H2,9,10,11). The van der Waals surface area contributed by atoms with Crippen LogP contribution in [0.3, 0.4) is 0 Å². The van der Waals surface area contributed by atoms with Crippen molar-refractivity contribution in [3.05, 3.63) is 48.8 Å². The fourth-order valence-electron chi connectivity index (χ4n) is 4.53. The van der Waals surface area contributed by atoms with Crippen molar-refractivity contribution in [1.82, 2.24) is 19.5 Å². The topological polar surface area (TPSA) is 102 Å². The summed E-state index contributed by atoms with van der Waals surface area (Å²) in [5, 5.41) is 0. The Morgan fingerprint density at radius 1 is 1.22 bits per heavy atom. The number of anilines is 3. The molecule has 12 heteroatoms. The molecule has 2 fully saturated rings. The number of hydrogen-bond donors (Lipinski definition) is 1. The van der Waals surface area contributed by atoms with E-state index in [1.807, 2.05) is 12.1 Å². The molecule has 1 amide bonds. The summed E-state index contributed by atoms with van der Waals surface area (Å²) in [4.78, 5) is 27.9. The summed E-state index contributed by atoms with van der Waals surface area (Å²) in [6.45, 7) is 7.04. The van der Waals surface area contributed by atoms with Gasteiger partial charge in [-0.1, -0.05) is 6.58 Å². The number of imidazole rings is 1. The number of ether oxygens (including phenoxy) is 1. The number of carbonyl (C=O) groups excluding carboxylic acids is 1. The highest BCUT2D eigenvalue weighted by molar-refractivity contribution is 6.02. The lowest BCUT2D eigenvalue weighted by Gasteiger charge is -2.27. The molecule has 1 atom stereocenters. The van der Waals surface area contributed by atoms with Crippen LogP contribution >= 0.6 is 0 Å². The van der Waals surface area contributed by atoms with Gasteiger partial charge >= 0.3 is 6.18 Å². The third-order valence-electron chi connectivity index (χ3n) is 6.44. The molecule has 2 saturated heterocycles. The van der Waals surface area contributed by atoms with Crippen LogP contribution in [-0.4, -0.2) is 57.8 Å². The summed E-state index contributed by atoms with van der Waals surface area (Å²) >= 11 is 0. The number of piperidine rings is 1. The second-order valence-electron chi connectivity index (χ2n) is 8.95. The Morgan fingerprint density at radius 2 is 1.92 bits per heavy atom. The molecule has 0 radical (unpaired) electrons. The van der Waals surface area contributed by atoms with Gasteiger partial charge in [0, 0.05) is 44.8 Å². The quantitative estimate of drug-likeness (QED) is 0.523. The number of hydrogen-bond acceptors (Lipinski definition) is 7. The summed E-state index contributed by atoms with van der Waals surface area (Å²) < 4.78 is 43.0. The molecule has 1 aromatic carbocycles. The minimum atomic E-state index is -4.40. The van der Waals surface area contributed by atoms with Crippen LogP contribution in [0.5, 0.6) is 0 Å². The van der Waals surface area contributed by atoms with Gasteiger partial charge in [0.2, 0.25) is 11.9 Å². The molecule has 0 spiro atoms. The van der Waals surface area contributed by atoms with Crippen molar-refractivity contribution >= 4 is 34.5 Å². The first-order valence-electron chi connectivity index (χ1n) is 12.1. The molecule has 2 aliphatic heterocycles. The van der Waals surface area contributed by atoms with E-state index in [1.54, 1.807) is 4.90 Å². The Kier molecular flexibility index (Phi) is 7.96. The molecule has 3 aromatic rings. The molecule has 9 nitrogen and oxygen atoms in total. The predicted octanol–water partition coefficient (Wildman–Crippen LogP) is 3.95. The van der Waals surface area contributed by atoms with Gasteiger partial charge in [0.1, 0.15) is 0 Å². The maximum atomic E-state index is 12.5. The van der Waals surface area contributed by atoms with Crippen molar-refractivity contribution in [1.29, 1.82) is 0 Å². The largest absolute Gasteiger partial charge is 0.419 e. The number of nitrogens with zero attached hydrogens (tertiary/aromatic N) is 6. The summed E-state index contributed by atoms with van der Waals surface area (Å²) in [6, 6.07) is 6.14. The van der Waals surface area contributed by atoms with Crippen LogP contribution in [0.15, 0.2) is 43.2 Å². The van der Waals surface area contributed by atoms with Crippen molar-refractivity contribution in [3.63, 3.8) is 0 Å². The van der Waals surface area contributed by atoms with E-state index in [0.29, 0.717) is 25.6 Å². The van der Waals surface area contributed by atoms with Gasteiger partial charge in [0.15, 0.2) is 0 Å². The van der Waals surface area contributed by atoms with E-state index in [9.17, 15) is 18.0 Å². The normalized spacial score (nSPS) is 17.8. The van der Waals surface area contributed by atoms with Gasteiger partial charge in [-0.05, 0) is 50.0 Å². The van der Waals surface area contributed by atoms with Crippen molar-refractivity contribution < 1.29 is 22.7 Å². The number of aryl methyl sites for hydroxylation is 1. The molecular formula is C25H30F3N7O2. The van der Waals surface area contributed by atoms with E-state index in [0.717, 1.165) is 42.2 Å². The fourth-order valence-corrected chi connectivity index (χ4v) is 4.53. The highest BCUT2D eigenvalue weighted by Gasteiger charge is 2.31. The minimum Gasteiger partial charge on any atom is -0.379 e. The Labute approximate surface area is 212 Å². The molecule has 4 heterocycles. The minimum absolute atomic E-state index is 0.0585. The molecule has 2 aromatic heterocycles. The van der Waals surface area contributed by atoms with Crippen LogP contribution in [0.1, 0.15) is 31.2 Å². The summed E-state index contributed by atoms with van der Waals surface area (Å²) in [6.07, 6.45) is 2.85. The van der Waals surface area contributed by atoms with Gasteiger partial charge in [0.05, 0.1) is 29.2 Å². The third-order valence-corrected chi connectivity index (χ3v) is 6.44. The number of amides is 1. The van der Waals surface area contributed by atoms with Crippen LogP contribution in [-0.2, 0) is 22.8 Å². The van der Waals surface area contributed by atoms with Crippen molar-refractivity contribution in [2.75, 3.05) is 41.8 Å². The summed E-state index contributed by atoms with van der Waals surface area (Å²) in [7, 11) is 2.07. The number of aromatic nitrogens is 4. The zero-order chi connectivity index (χ0) is 26.6. The second kappa shape index (κ2) is 11.2. The average molecular weight is 518 g/mol. The van der Waals surface area contributed by atoms with E-state index in [1.165, 1.54) is 25.3 Å². The maximum absolute atomic E-state index is 12.5. The first-order chi connectivity index (χ1) is 17.7. The molecule has 198 valence electrons. The molecule has 0 bridgehead atoms. The number of halogens is 3. The number of alkyl halides is 3. The van der Waals surface area contributed by atoms with E-state index < -0.39 is 11.7 Å². The Balaban J connectivity index is 0.000000245. The van der Waals surface area contributed by atoms with Crippen molar-refractivity contribution in [3.8, 4) is 0 Å². The van der Waals surface area contributed by atoms with E-state index in [4.69, 9.17) is 15.5 Å². The average Bonchev–Trinajstić information content (AvgIpc) is 3.53. The Hall–Kier alpha value is -3.67. The molecule has 2 aliphatic rings. The molecule has 0 aliphatic carbocycles. The van der Waals surface area contributed by atoms with Crippen LogP contribution in [0.4, 0.5) is 30.8 Å². The number of fused-ring (bicyclic) bond motifs is 1. The van der Waals surface area contributed by atoms with Crippen molar-refractivity contribution in [2.45, 2.75) is 37.9 Å². The second-order valence-corrected chi connectivity index (χ2v) is 8.95. The lowest BCUT2D eigenvalue weighted by atomic mass is 10.1. The monoisotopic (exact) mass is 517 g/mol. The third kappa shape index (κ3) is 6.01. The molecule has 1 unspecified atom stereocenters. The summed E-state index contributed by atoms with van der Waals surface area (Å²) in [5.74, 6) is 0.757. The van der Waals surface area contributed by atoms with Gasteiger partial charge in [-0.15, -0.1) is 0 Å². The van der Waals surface area contributed by atoms with E-state index in [-0.39, 0.29) is 17.9 Å². The van der Waals surface area contributed by atoms with Crippen molar-refractivity contribution in [2.24, 2.45) is 7.05 Å². The summed E-state index contributed by atoms with van der Waals surface area (Å²) in [5.41, 5.74) is 6.95. The zero-order valence-corrected chi connectivity index (χ0v) is 20.6. The van der Waals surface area contributed by atoms with Crippen LogP contribution < -0.4 is 15.5 Å². The van der Waals surface area contributed by atoms with E-state index >= 15 is 0 Å². The lowest BCUT2D eigenvalue weighted by molar-refractivity contribution is -0.138. The molecular weight excluding hydrogens is 487 g/mol. The van der Waals surface area contributed by atoms with Crippen LogP contribution in [0.2, 0.25) is 0 Å². The predicted molar refractivity (Wildman–Crippen MR) is 135 cm³/mol. The van der Waals surface area contributed by atoms with Crippen LogP contribution in [0, 0.1) is 0 Å². The molecule has 37 heavy (non-hydrogen) atoms. The number of benzene rings is 1. The fraction of sp³-hybridized carbons (Fsp3) is 0.440. The van der Waals surface area contributed by atoms with Gasteiger partial charge in [-0.3, -0.25) is 4.79 Å². The maximum Gasteiger partial charge on any atom is 0.419 e. The van der Waals surface area contributed by atoms with Gasteiger partial charge in [-0.2, -0.15) is 13.2 Å². The lowest BCUT2D eigenvalue weighted by Crippen LogP contribution is -2.39. The Morgan fingerprint density at radius 3 is 2.51 bits per heavy atom. The Bertz CT molecular complexity index is 1230. The zero-order valence-electron chi connectivity index (χ0n) is 20.6. The highest BCUT2D eigenvalue weighted by atomic mass is 19.4. The SMILES string of the molecule is C=CC(=O)N(c1ccc2c(c1)nc(N1CCCCC1)n2C)C1CCOC1.Nc1ncc(C(F)(F)F)cn1. The van der Waals surface area contributed by atoms with E-state index in [2.05, 4.69) is 39.1 Å². The number of carbonyl (C=O) groups is 1. The first kappa shape index (κ1) is 26.4. The molecule has 0 saturated carbocycles. The van der Waals surface area contributed by atoms with Gasteiger partial charge in [-0.25, -0.2) is 15.0 Å². The first-order valence-corrected chi connectivity index (χ1v) is 12.1. The number of rotatable bonds is 4. The number of nitrogens with two attached hydrogens (primary N) is 1. The number of nitrogen functional groups attached to an aromatic ring is 1.